The molecule has 0 bridgehead atoms. The van der Waals surface area contributed by atoms with Crippen LogP contribution in [-0.2, 0) is 4.79 Å². The summed E-state index contributed by atoms with van der Waals surface area (Å²) >= 11 is 0. The molecule has 1 amide bonds. The van der Waals surface area contributed by atoms with Gasteiger partial charge < -0.3 is 11.1 Å². The van der Waals surface area contributed by atoms with Gasteiger partial charge in [0.15, 0.2) is 0 Å². The summed E-state index contributed by atoms with van der Waals surface area (Å²) in [5.74, 6) is 0.125. The van der Waals surface area contributed by atoms with Gasteiger partial charge in [0.05, 0.1) is 0 Å². The lowest BCUT2D eigenvalue weighted by atomic mass is 9.92. The highest BCUT2D eigenvalue weighted by Crippen LogP contribution is 2.21. The number of nitrogens with one attached hydrogen (secondary N) is 1. The van der Waals surface area contributed by atoms with Crippen LogP contribution < -0.4 is 11.1 Å². The molecular weight excluding hydrogens is 152 g/mol. The summed E-state index contributed by atoms with van der Waals surface area (Å²) < 4.78 is 0. The molecule has 0 aromatic carbocycles. The summed E-state index contributed by atoms with van der Waals surface area (Å²) in [5, 5.41) is 2.90. The molecule has 1 aliphatic rings. The van der Waals surface area contributed by atoms with Crippen molar-refractivity contribution in [1.82, 2.24) is 5.32 Å². The molecule has 0 aromatic rings. The lowest BCUT2D eigenvalue weighted by Crippen LogP contribution is -2.32. The van der Waals surface area contributed by atoms with Gasteiger partial charge in [-0.1, -0.05) is 20.8 Å². The van der Waals surface area contributed by atoms with Crippen molar-refractivity contribution in [2.24, 2.45) is 11.1 Å². The second kappa shape index (κ2) is 3.05. The molecule has 0 saturated heterocycles. The quantitative estimate of drug-likeness (QED) is 0.639. The van der Waals surface area contributed by atoms with E-state index in [2.05, 4.69) is 26.1 Å². The first-order valence-electron chi connectivity index (χ1n) is 4.43. The Bertz CT molecular complexity index is 183. The molecule has 1 saturated carbocycles. The first-order valence-corrected chi connectivity index (χ1v) is 4.43. The highest BCUT2D eigenvalue weighted by Gasteiger charge is 2.35. The first kappa shape index (κ1) is 9.52. The molecule has 0 aliphatic heterocycles. The van der Waals surface area contributed by atoms with E-state index in [1.54, 1.807) is 0 Å². The van der Waals surface area contributed by atoms with Crippen molar-refractivity contribution >= 4 is 5.91 Å². The van der Waals surface area contributed by atoms with Crippen LogP contribution in [0, 0.1) is 5.41 Å². The molecule has 0 aromatic heterocycles. The minimum absolute atomic E-state index is 0.0725. The number of nitrogens with two attached hydrogens (primary N) is 1. The molecule has 3 heteroatoms. The topological polar surface area (TPSA) is 55.1 Å². The minimum atomic E-state index is 0.0725. The molecule has 3 N–H and O–H groups in total. The largest absolute Gasteiger partial charge is 0.352 e. The van der Waals surface area contributed by atoms with Crippen LogP contribution in [0.3, 0.4) is 0 Å². The van der Waals surface area contributed by atoms with Crippen molar-refractivity contribution in [3.05, 3.63) is 0 Å². The fraction of sp³-hybridized carbons (Fsp3) is 0.889. The van der Waals surface area contributed by atoms with Crippen LogP contribution >= 0.6 is 0 Å². The second-order valence-corrected chi connectivity index (χ2v) is 4.81. The van der Waals surface area contributed by atoms with E-state index in [4.69, 9.17) is 5.73 Å². The van der Waals surface area contributed by atoms with Gasteiger partial charge in [-0.15, -0.1) is 0 Å². The Balaban J connectivity index is 2.21. The van der Waals surface area contributed by atoms with E-state index in [-0.39, 0.29) is 23.4 Å². The van der Waals surface area contributed by atoms with Gasteiger partial charge in [-0.25, -0.2) is 0 Å². The molecule has 2 unspecified atom stereocenters. The number of carbonyl (C=O) groups excluding carboxylic acids is 1. The molecule has 1 aliphatic carbocycles. The molecule has 1 fully saturated rings. The van der Waals surface area contributed by atoms with Crippen LogP contribution in [0.1, 0.15) is 33.6 Å². The third-order valence-corrected chi connectivity index (χ3v) is 1.88. The molecule has 3 nitrogen and oxygen atoms in total. The Morgan fingerprint density at radius 3 is 2.42 bits per heavy atom. The number of hydrogen-bond donors (Lipinski definition) is 2. The Labute approximate surface area is 73.7 Å². The highest BCUT2D eigenvalue weighted by molar-refractivity contribution is 5.77. The summed E-state index contributed by atoms with van der Waals surface area (Å²) in [5.41, 5.74) is 5.64. The number of rotatable bonds is 2. The van der Waals surface area contributed by atoms with Gasteiger partial charge in [0, 0.05) is 18.5 Å². The molecular formula is C9H18N2O. The summed E-state index contributed by atoms with van der Waals surface area (Å²) in [4.78, 5) is 11.3. The normalized spacial score (nSPS) is 28.3. The van der Waals surface area contributed by atoms with Gasteiger partial charge in [-0.3, -0.25) is 4.79 Å². The number of amides is 1. The molecule has 70 valence electrons. The predicted octanol–water partition coefficient (Wildman–Crippen LogP) is 0.638. The lowest BCUT2D eigenvalue weighted by molar-refractivity contribution is -0.122. The SMILES string of the molecule is CC(C)(C)CC(=O)NC1CC1N. The Morgan fingerprint density at radius 1 is 1.58 bits per heavy atom. The van der Waals surface area contributed by atoms with E-state index < -0.39 is 0 Å². The van der Waals surface area contributed by atoms with Crippen LogP contribution in [-0.4, -0.2) is 18.0 Å². The summed E-state index contributed by atoms with van der Waals surface area (Å²) in [7, 11) is 0. The number of hydrogen-bond acceptors (Lipinski definition) is 2. The zero-order valence-electron chi connectivity index (χ0n) is 8.05. The average molecular weight is 170 g/mol. The van der Waals surface area contributed by atoms with Crippen molar-refractivity contribution in [3.8, 4) is 0 Å². The fourth-order valence-corrected chi connectivity index (χ4v) is 1.12. The maximum Gasteiger partial charge on any atom is 0.220 e. The van der Waals surface area contributed by atoms with E-state index >= 15 is 0 Å². The fourth-order valence-electron chi connectivity index (χ4n) is 1.12. The van der Waals surface area contributed by atoms with Gasteiger partial charge in [0.2, 0.25) is 5.91 Å². The summed E-state index contributed by atoms with van der Waals surface area (Å²) in [6.07, 6.45) is 1.52. The van der Waals surface area contributed by atoms with E-state index in [0.29, 0.717) is 6.42 Å². The third kappa shape index (κ3) is 3.22. The lowest BCUT2D eigenvalue weighted by Gasteiger charge is -2.17. The summed E-state index contributed by atoms with van der Waals surface area (Å²) in [6, 6.07) is 0.453. The smallest absolute Gasteiger partial charge is 0.220 e. The maximum atomic E-state index is 11.3. The standard InChI is InChI=1S/C9H18N2O/c1-9(2,3)5-8(12)11-7-4-6(7)10/h6-7H,4-5,10H2,1-3H3,(H,11,12). The maximum absolute atomic E-state index is 11.3. The summed E-state index contributed by atoms with van der Waals surface area (Å²) in [6.45, 7) is 6.16. The molecule has 0 radical (unpaired) electrons. The van der Waals surface area contributed by atoms with E-state index in [9.17, 15) is 4.79 Å². The van der Waals surface area contributed by atoms with Crippen molar-refractivity contribution < 1.29 is 4.79 Å². The van der Waals surface area contributed by atoms with Crippen LogP contribution in [0.4, 0.5) is 0 Å². The van der Waals surface area contributed by atoms with E-state index in [1.165, 1.54) is 0 Å². The van der Waals surface area contributed by atoms with Crippen molar-refractivity contribution in [1.29, 1.82) is 0 Å². The van der Waals surface area contributed by atoms with Gasteiger partial charge in [-0.2, -0.15) is 0 Å². The van der Waals surface area contributed by atoms with Gasteiger partial charge >= 0.3 is 0 Å². The van der Waals surface area contributed by atoms with Gasteiger partial charge in [-0.05, 0) is 11.8 Å². The van der Waals surface area contributed by atoms with E-state index in [0.717, 1.165) is 6.42 Å². The van der Waals surface area contributed by atoms with Crippen LogP contribution in [0.15, 0.2) is 0 Å². The van der Waals surface area contributed by atoms with Crippen LogP contribution in [0.2, 0.25) is 0 Å². The molecule has 2 atom stereocenters. The van der Waals surface area contributed by atoms with E-state index in [1.807, 2.05) is 0 Å². The van der Waals surface area contributed by atoms with Crippen molar-refractivity contribution in [2.75, 3.05) is 0 Å². The molecule has 0 heterocycles. The Kier molecular flexibility index (Phi) is 2.42. The zero-order valence-corrected chi connectivity index (χ0v) is 8.05. The highest BCUT2D eigenvalue weighted by atomic mass is 16.1. The molecule has 12 heavy (non-hydrogen) atoms. The van der Waals surface area contributed by atoms with Crippen LogP contribution in [0.25, 0.3) is 0 Å². The average Bonchev–Trinajstić information content (AvgIpc) is 2.40. The van der Waals surface area contributed by atoms with Gasteiger partial charge in [0.25, 0.3) is 0 Å². The molecule has 1 rings (SSSR count). The van der Waals surface area contributed by atoms with Crippen LogP contribution in [0.5, 0.6) is 0 Å². The Morgan fingerprint density at radius 2 is 2.08 bits per heavy atom. The minimum Gasteiger partial charge on any atom is -0.352 e. The zero-order chi connectivity index (χ0) is 9.35. The monoisotopic (exact) mass is 170 g/mol. The Hall–Kier alpha value is -0.570. The molecule has 0 spiro atoms. The van der Waals surface area contributed by atoms with Gasteiger partial charge in [0.1, 0.15) is 0 Å². The van der Waals surface area contributed by atoms with Crippen molar-refractivity contribution in [3.63, 3.8) is 0 Å². The number of carbonyl (C=O) groups is 1. The second-order valence-electron chi connectivity index (χ2n) is 4.81. The third-order valence-electron chi connectivity index (χ3n) is 1.88. The van der Waals surface area contributed by atoms with Crippen molar-refractivity contribution in [2.45, 2.75) is 45.7 Å². The first-order chi connectivity index (χ1) is 5.38. The predicted molar refractivity (Wildman–Crippen MR) is 48.6 cm³/mol.